The van der Waals surface area contributed by atoms with E-state index in [1.54, 1.807) is 29.1 Å². The van der Waals surface area contributed by atoms with E-state index < -0.39 is 5.97 Å². The molecule has 0 aromatic carbocycles. The molecule has 2 saturated heterocycles. The molecule has 10 heteroatoms. The second-order valence-electron chi connectivity index (χ2n) is 8.92. The summed E-state index contributed by atoms with van der Waals surface area (Å²) < 4.78 is 21.6. The van der Waals surface area contributed by atoms with Gasteiger partial charge in [-0.25, -0.2) is 0 Å². The standard InChI is InChI=1S/C25H39N3O7/c1-2-33-25(31)9-8-23(29)27(11-5-10-26-12-16-32-17-13-26)20-24(30)28(18-21-6-3-14-34-21)19-22-7-4-15-35-22/h3,6,14,22H,2,4-5,7-13,15-20H2,1H3. The molecule has 1 atom stereocenters. The van der Waals surface area contributed by atoms with Crippen molar-refractivity contribution in [2.24, 2.45) is 0 Å². The first-order valence-electron chi connectivity index (χ1n) is 12.7. The highest BCUT2D eigenvalue weighted by Crippen LogP contribution is 2.16. The molecule has 10 nitrogen and oxygen atoms in total. The normalized spacial score (nSPS) is 18.4. The van der Waals surface area contributed by atoms with Crippen LogP contribution in [0, 0.1) is 0 Å². The van der Waals surface area contributed by atoms with Crippen LogP contribution < -0.4 is 0 Å². The number of ether oxygens (including phenoxy) is 3. The van der Waals surface area contributed by atoms with E-state index in [0.717, 1.165) is 38.9 Å². The van der Waals surface area contributed by atoms with Gasteiger partial charge in [0.1, 0.15) is 5.76 Å². The van der Waals surface area contributed by atoms with Crippen LogP contribution in [0.2, 0.25) is 0 Å². The predicted octanol–water partition coefficient (Wildman–Crippen LogP) is 1.68. The number of morpholine rings is 1. The lowest BCUT2D eigenvalue weighted by Crippen LogP contribution is -2.46. The van der Waals surface area contributed by atoms with Crippen molar-refractivity contribution in [1.29, 1.82) is 0 Å². The molecule has 1 aromatic rings. The van der Waals surface area contributed by atoms with Gasteiger partial charge in [0.15, 0.2) is 0 Å². The number of furan rings is 1. The number of carbonyl (C=O) groups is 3. The molecule has 3 rings (SSSR count). The number of carbonyl (C=O) groups excluding carboxylic acids is 3. The summed E-state index contributed by atoms with van der Waals surface area (Å²) in [5, 5.41) is 0. The number of nitrogens with zero attached hydrogens (tertiary/aromatic N) is 3. The zero-order chi connectivity index (χ0) is 24.9. The number of hydrogen-bond donors (Lipinski definition) is 0. The Bertz CT molecular complexity index is 774. The summed E-state index contributed by atoms with van der Waals surface area (Å²) in [4.78, 5) is 43.8. The first kappa shape index (κ1) is 27.2. The molecule has 0 aliphatic carbocycles. The summed E-state index contributed by atoms with van der Waals surface area (Å²) >= 11 is 0. The van der Waals surface area contributed by atoms with Crippen molar-refractivity contribution in [2.75, 3.05) is 65.7 Å². The summed E-state index contributed by atoms with van der Waals surface area (Å²) in [6.07, 6.45) is 4.23. The Morgan fingerprint density at radius 1 is 1.11 bits per heavy atom. The quantitative estimate of drug-likeness (QED) is 0.361. The largest absolute Gasteiger partial charge is 0.467 e. The van der Waals surface area contributed by atoms with Crippen molar-refractivity contribution < 1.29 is 33.0 Å². The Hall–Kier alpha value is -2.43. The molecule has 0 radical (unpaired) electrons. The first-order valence-corrected chi connectivity index (χ1v) is 12.7. The summed E-state index contributed by atoms with van der Waals surface area (Å²) in [7, 11) is 0. The second-order valence-corrected chi connectivity index (χ2v) is 8.92. The summed E-state index contributed by atoms with van der Waals surface area (Å²) in [5.41, 5.74) is 0. The van der Waals surface area contributed by atoms with Gasteiger partial charge in [0.2, 0.25) is 11.8 Å². The molecule has 1 aromatic heterocycles. The molecule has 196 valence electrons. The van der Waals surface area contributed by atoms with Gasteiger partial charge in [-0.3, -0.25) is 19.3 Å². The Kier molecular flexibility index (Phi) is 11.5. The molecule has 2 aliphatic rings. The van der Waals surface area contributed by atoms with Crippen LogP contribution in [0.4, 0.5) is 0 Å². The van der Waals surface area contributed by atoms with Gasteiger partial charge in [-0.05, 0) is 38.3 Å². The van der Waals surface area contributed by atoms with E-state index in [1.165, 1.54) is 0 Å². The van der Waals surface area contributed by atoms with E-state index in [4.69, 9.17) is 18.6 Å². The smallest absolute Gasteiger partial charge is 0.306 e. The predicted molar refractivity (Wildman–Crippen MR) is 127 cm³/mol. The van der Waals surface area contributed by atoms with Crippen molar-refractivity contribution >= 4 is 17.8 Å². The summed E-state index contributed by atoms with van der Waals surface area (Å²) in [5.74, 6) is -0.0988. The lowest BCUT2D eigenvalue weighted by Gasteiger charge is -2.30. The third-order valence-electron chi connectivity index (χ3n) is 6.26. The molecule has 2 fully saturated rings. The minimum absolute atomic E-state index is 0.00680. The van der Waals surface area contributed by atoms with E-state index in [0.29, 0.717) is 45.2 Å². The van der Waals surface area contributed by atoms with Gasteiger partial charge < -0.3 is 28.4 Å². The third kappa shape index (κ3) is 9.62. The van der Waals surface area contributed by atoms with Crippen molar-refractivity contribution in [3.05, 3.63) is 24.2 Å². The highest BCUT2D eigenvalue weighted by atomic mass is 16.5. The van der Waals surface area contributed by atoms with Crippen molar-refractivity contribution in [1.82, 2.24) is 14.7 Å². The molecule has 0 bridgehead atoms. The average Bonchev–Trinajstić information content (AvgIpc) is 3.57. The van der Waals surface area contributed by atoms with Gasteiger partial charge in [-0.2, -0.15) is 0 Å². The molecule has 2 aliphatic heterocycles. The van der Waals surface area contributed by atoms with Crippen LogP contribution in [0.5, 0.6) is 0 Å². The number of rotatable bonds is 14. The molecule has 0 saturated carbocycles. The van der Waals surface area contributed by atoms with Crippen LogP contribution in [0.25, 0.3) is 0 Å². The van der Waals surface area contributed by atoms with Crippen LogP contribution in [0.15, 0.2) is 22.8 Å². The fraction of sp³-hybridized carbons (Fsp3) is 0.720. The van der Waals surface area contributed by atoms with E-state index in [2.05, 4.69) is 4.90 Å². The lowest BCUT2D eigenvalue weighted by atomic mass is 10.2. The van der Waals surface area contributed by atoms with Gasteiger partial charge in [-0.1, -0.05) is 0 Å². The molecular formula is C25H39N3O7. The molecular weight excluding hydrogens is 454 g/mol. The maximum absolute atomic E-state index is 13.4. The molecule has 35 heavy (non-hydrogen) atoms. The minimum atomic E-state index is -0.404. The zero-order valence-corrected chi connectivity index (χ0v) is 20.8. The van der Waals surface area contributed by atoms with Crippen LogP contribution >= 0.6 is 0 Å². The van der Waals surface area contributed by atoms with E-state index >= 15 is 0 Å². The molecule has 1 unspecified atom stereocenters. The van der Waals surface area contributed by atoms with Crippen LogP contribution in [0.3, 0.4) is 0 Å². The Morgan fingerprint density at radius 3 is 2.63 bits per heavy atom. The van der Waals surface area contributed by atoms with E-state index in [1.807, 2.05) is 6.07 Å². The third-order valence-corrected chi connectivity index (χ3v) is 6.26. The summed E-state index contributed by atoms with van der Waals surface area (Å²) in [6, 6.07) is 3.63. The van der Waals surface area contributed by atoms with Crippen molar-refractivity contribution in [3.63, 3.8) is 0 Å². The highest BCUT2D eigenvalue weighted by molar-refractivity contribution is 5.86. The van der Waals surface area contributed by atoms with Crippen LogP contribution in [-0.2, 0) is 35.1 Å². The van der Waals surface area contributed by atoms with Gasteiger partial charge >= 0.3 is 5.97 Å². The topological polar surface area (TPSA) is 102 Å². The zero-order valence-electron chi connectivity index (χ0n) is 20.8. The van der Waals surface area contributed by atoms with Crippen molar-refractivity contribution in [3.8, 4) is 0 Å². The molecule has 0 spiro atoms. The average molecular weight is 494 g/mol. The van der Waals surface area contributed by atoms with E-state index in [-0.39, 0.29) is 43.9 Å². The van der Waals surface area contributed by atoms with Crippen LogP contribution in [-0.4, -0.2) is 104 Å². The Morgan fingerprint density at radius 2 is 1.94 bits per heavy atom. The minimum Gasteiger partial charge on any atom is -0.467 e. The molecule has 3 heterocycles. The Labute approximate surface area is 207 Å². The van der Waals surface area contributed by atoms with Crippen molar-refractivity contribution in [2.45, 2.75) is 51.7 Å². The molecule has 2 amide bonds. The maximum Gasteiger partial charge on any atom is 0.306 e. The van der Waals surface area contributed by atoms with Gasteiger partial charge in [0.05, 0.1) is 51.7 Å². The maximum atomic E-state index is 13.4. The van der Waals surface area contributed by atoms with Crippen LogP contribution in [0.1, 0.15) is 44.8 Å². The Balaban J connectivity index is 1.61. The fourth-order valence-corrected chi connectivity index (χ4v) is 4.34. The monoisotopic (exact) mass is 493 g/mol. The van der Waals surface area contributed by atoms with E-state index in [9.17, 15) is 14.4 Å². The number of amides is 2. The summed E-state index contributed by atoms with van der Waals surface area (Å²) in [6.45, 7) is 7.88. The van der Waals surface area contributed by atoms with Gasteiger partial charge in [-0.15, -0.1) is 0 Å². The lowest BCUT2D eigenvalue weighted by molar-refractivity contribution is -0.146. The number of hydrogen-bond acceptors (Lipinski definition) is 8. The highest BCUT2D eigenvalue weighted by Gasteiger charge is 2.26. The number of esters is 1. The first-order chi connectivity index (χ1) is 17.0. The van der Waals surface area contributed by atoms with Gasteiger partial charge in [0, 0.05) is 45.8 Å². The van der Waals surface area contributed by atoms with Gasteiger partial charge in [0.25, 0.3) is 0 Å². The SMILES string of the molecule is CCOC(=O)CCC(=O)N(CCCN1CCOCC1)CC(=O)N(Cc1ccco1)CC1CCCO1. The second kappa shape index (κ2) is 14.9. The molecule has 0 N–H and O–H groups in total. The fourth-order valence-electron chi connectivity index (χ4n) is 4.34.